The number of anilines is 1. The van der Waals surface area contributed by atoms with Crippen molar-refractivity contribution in [2.45, 2.75) is 71.1 Å². The topological polar surface area (TPSA) is 82.6 Å². The van der Waals surface area contributed by atoms with Crippen molar-refractivity contribution in [3.63, 3.8) is 0 Å². The molecule has 1 fully saturated rings. The first kappa shape index (κ1) is 22.3. The van der Waals surface area contributed by atoms with Crippen molar-refractivity contribution >= 4 is 23.4 Å². The number of carbonyl (C=O) groups is 1. The van der Waals surface area contributed by atoms with Crippen LogP contribution in [0.15, 0.2) is 24.3 Å². The van der Waals surface area contributed by atoms with Gasteiger partial charge in [-0.05, 0) is 45.7 Å². The number of hydrogen-bond donors (Lipinski definition) is 1. The Morgan fingerprint density at radius 2 is 1.97 bits per heavy atom. The van der Waals surface area contributed by atoms with Gasteiger partial charge in [0.05, 0.1) is 29.0 Å². The third kappa shape index (κ3) is 5.81. The Balaban J connectivity index is 1.82. The van der Waals surface area contributed by atoms with Gasteiger partial charge in [-0.1, -0.05) is 30.9 Å². The molecule has 0 bridgehead atoms. The van der Waals surface area contributed by atoms with Crippen LogP contribution in [0.4, 0.5) is 10.5 Å². The zero-order valence-corrected chi connectivity index (χ0v) is 18.9. The van der Waals surface area contributed by atoms with Crippen LogP contribution in [-0.4, -0.2) is 33.4 Å². The van der Waals surface area contributed by atoms with Crippen molar-refractivity contribution in [1.82, 2.24) is 14.7 Å². The van der Waals surface area contributed by atoms with Gasteiger partial charge in [-0.3, -0.25) is 0 Å². The fourth-order valence-electron chi connectivity index (χ4n) is 3.51. The van der Waals surface area contributed by atoms with Crippen molar-refractivity contribution in [2.24, 2.45) is 0 Å². The molecule has 0 spiro atoms. The van der Waals surface area contributed by atoms with Crippen molar-refractivity contribution in [1.29, 1.82) is 0 Å². The summed E-state index contributed by atoms with van der Waals surface area (Å²) in [5.41, 5.74) is 6.50. The highest BCUT2D eigenvalue weighted by molar-refractivity contribution is 6.33. The van der Waals surface area contributed by atoms with Crippen LogP contribution in [0, 0.1) is 0 Å². The standard InChI is InChI=1S/C22H31ClN4O3/c1-22(2,3)30-21(28)26(4)14-15-12-20(27(25-15)16-8-6-5-7-9-16)29-17-10-11-19(24)18(23)13-17/h10-13,16H,5-9,14,24H2,1-4H3. The highest BCUT2D eigenvalue weighted by Gasteiger charge is 2.24. The van der Waals surface area contributed by atoms with E-state index < -0.39 is 5.60 Å². The van der Waals surface area contributed by atoms with E-state index in [4.69, 9.17) is 31.9 Å². The second-order valence-corrected chi connectivity index (χ2v) is 9.24. The molecule has 0 atom stereocenters. The summed E-state index contributed by atoms with van der Waals surface area (Å²) >= 11 is 6.14. The Hall–Kier alpha value is -2.41. The van der Waals surface area contributed by atoms with Gasteiger partial charge in [0.15, 0.2) is 0 Å². The third-order valence-corrected chi connectivity index (χ3v) is 5.30. The number of aromatic nitrogens is 2. The highest BCUT2D eigenvalue weighted by atomic mass is 35.5. The molecular weight excluding hydrogens is 404 g/mol. The average molecular weight is 435 g/mol. The van der Waals surface area contributed by atoms with Crippen LogP contribution in [0.1, 0.15) is 64.6 Å². The van der Waals surface area contributed by atoms with Gasteiger partial charge in [-0.15, -0.1) is 0 Å². The quantitative estimate of drug-likeness (QED) is 0.602. The molecule has 2 N–H and O–H groups in total. The summed E-state index contributed by atoms with van der Waals surface area (Å²) in [6.07, 6.45) is 5.32. The first-order valence-corrected chi connectivity index (χ1v) is 10.8. The molecule has 0 radical (unpaired) electrons. The maximum atomic E-state index is 12.3. The highest BCUT2D eigenvalue weighted by Crippen LogP contribution is 2.34. The Labute approximate surface area is 183 Å². The number of hydrogen-bond acceptors (Lipinski definition) is 5. The molecule has 1 aliphatic carbocycles. The summed E-state index contributed by atoms with van der Waals surface area (Å²) in [5, 5.41) is 5.22. The zero-order valence-electron chi connectivity index (χ0n) is 18.2. The molecule has 164 valence electrons. The van der Waals surface area contributed by atoms with E-state index in [1.165, 1.54) is 24.2 Å². The van der Waals surface area contributed by atoms with E-state index in [1.807, 2.05) is 31.5 Å². The van der Waals surface area contributed by atoms with E-state index in [1.54, 1.807) is 25.2 Å². The molecule has 1 heterocycles. The SMILES string of the molecule is CN(Cc1cc(Oc2ccc(N)c(Cl)c2)n(C2CCCCC2)n1)C(=O)OC(C)(C)C. The molecule has 1 amide bonds. The lowest BCUT2D eigenvalue weighted by atomic mass is 9.96. The van der Waals surface area contributed by atoms with E-state index in [2.05, 4.69) is 0 Å². The van der Waals surface area contributed by atoms with Gasteiger partial charge in [0.2, 0.25) is 5.88 Å². The summed E-state index contributed by atoms with van der Waals surface area (Å²) in [4.78, 5) is 13.8. The lowest BCUT2D eigenvalue weighted by Gasteiger charge is -2.24. The maximum Gasteiger partial charge on any atom is 0.410 e. The predicted octanol–water partition coefficient (Wildman–Crippen LogP) is 5.78. The van der Waals surface area contributed by atoms with Gasteiger partial charge in [0, 0.05) is 19.2 Å². The molecule has 0 aliphatic heterocycles. The molecule has 1 aromatic carbocycles. The number of ether oxygens (including phenoxy) is 2. The average Bonchev–Trinajstić information content (AvgIpc) is 3.06. The molecule has 1 aliphatic rings. The molecule has 3 rings (SSSR count). The minimum atomic E-state index is -0.546. The largest absolute Gasteiger partial charge is 0.444 e. The lowest BCUT2D eigenvalue weighted by molar-refractivity contribution is 0.0282. The number of nitrogens with two attached hydrogens (primary N) is 1. The van der Waals surface area contributed by atoms with E-state index >= 15 is 0 Å². The van der Waals surface area contributed by atoms with E-state index in [9.17, 15) is 4.79 Å². The van der Waals surface area contributed by atoms with Crippen molar-refractivity contribution in [2.75, 3.05) is 12.8 Å². The Kier molecular flexibility index (Phi) is 6.81. The van der Waals surface area contributed by atoms with Crippen molar-refractivity contribution in [3.8, 4) is 11.6 Å². The molecule has 1 saturated carbocycles. The van der Waals surface area contributed by atoms with Crippen LogP contribution in [0.3, 0.4) is 0 Å². The second-order valence-electron chi connectivity index (χ2n) is 8.83. The van der Waals surface area contributed by atoms with E-state index in [-0.39, 0.29) is 12.1 Å². The normalized spacial score (nSPS) is 15.1. The predicted molar refractivity (Wildman–Crippen MR) is 118 cm³/mol. The smallest absolute Gasteiger partial charge is 0.410 e. The van der Waals surface area contributed by atoms with E-state index in [0.29, 0.717) is 28.9 Å². The van der Waals surface area contributed by atoms with Crippen LogP contribution in [0.25, 0.3) is 0 Å². The summed E-state index contributed by atoms with van der Waals surface area (Å²) in [7, 11) is 1.70. The number of nitrogens with zero attached hydrogens (tertiary/aromatic N) is 3. The Morgan fingerprint density at radius 1 is 1.27 bits per heavy atom. The molecule has 8 heteroatoms. The zero-order chi connectivity index (χ0) is 21.9. The van der Waals surface area contributed by atoms with Gasteiger partial charge < -0.3 is 20.1 Å². The number of rotatable bonds is 5. The minimum absolute atomic E-state index is 0.276. The fourth-order valence-corrected chi connectivity index (χ4v) is 3.68. The molecule has 1 aromatic heterocycles. The molecule has 7 nitrogen and oxygen atoms in total. The monoisotopic (exact) mass is 434 g/mol. The van der Waals surface area contributed by atoms with Gasteiger partial charge in [0.1, 0.15) is 11.4 Å². The molecule has 0 unspecified atom stereocenters. The number of amides is 1. The summed E-state index contributed by atoms with van der Waals surface area (Å²) < 4.78 is 13.5. The van der Waals surface area contributed by atoms with Crippen LogP contribution >= 0.6 is 11.6 Å². The van der Waals surface area contributed by atoms with Gasteiger partial charge in [-0.2, -0.15) is 5.10 Å². The fraction of sp³-hybridized carbons (Fsp3) is 0.545. The Morgan fingerprint density at radius 3 is 2.60 bits per heavy atom. The van der Waals surface area contributed by atoms with E-state index in [0.717, 1.165) is 18.5 Å². The van der Waals surface area contributed by atoms with Crippen LogP contribution in [0.5, 0.6) is 11.6 Å². The van der Waals surface area contributed by atoms with Crippen molar-refractivity contribution < 1.29 is 14.3 Å². The molecule has 2 aromatic rings. The van der Waals surface area contributed by atoms with Crippen LogP contribution in [0.2, 0.25) is 5.02 Å². The van der Waals surface area contributed by atoms with Gasteiger partial charge in [0.25, 0.3) is 0 Å². The Bertz CT molecular complexity index is 885. The van der Waals surface area contributed by atoms with Crippen molar-refractivity contribution in [3.05, 3.63) is 35.0 Å². The summed E-state index contributed by atoms with van der Waals surface area (Å²) in [5.74, 6) is 1.23. The second kappa shape index (κ2) is 9.16. The minimum Gasteiger partial charge on any atom is -0.444 e. The molecular formula is C22H31ClN4O3. The number of carbonyl (C=O) groups excluding carboxylic acids is 1. The number of benzene rings is 1. The maximum absolute atomic E-state index is 12.3. The summed E-state index contributed by atoms with van der Waals surface area (Å²) in [6, 6.07) is 7.35. The lowest BCUT2D eigenvalue weighted by Crippen LogP contribution is -2.34. The van der Waals surface area contributed by atoms with Crippen LogP contribution in [-0.2, 0) is 11.3 Å². The summed E-state index contributed by atoms with van der Waals surface area (Å²) in [6.45, 7) is 5.87. The number of halogens is 1. The number of nitrogen functional groups attached to an aromatic ring is 1. The van der Waals surface area contributed by atoms with Crippen LogP contribution < -0.4 is 10.5 Å². The van der Waals surface area contributed by atoms with Gasteiger partial charge >= 0.3 is 6.09 Å². The first-order chi connectivity index (χ1) is 14.1. The molecule has 30 heavy (non-hydrogen) atoms. The first-order valence-electron chi connectivity index (χ1n) is 10.4. The third-order valence-electron chi connectivity index (χ3n) is 4.97. The molecule has 0 saturated heterocycles. The van der Waals surface area contributed by atoms with Gasteiger partial charge in [-0.25, -0.2) is 9.48 Å².